The second-order valence-electron chi connectivity index (χ2n) is 7.12. The smallest absolute Gasteiger partial charge is 0.134 e. The van der Waals surface area contributed by atoms with Crippen molar-refractivity contribution in [1.82, 2.24) is 14.9 Å². The highest BCUT2D eigenvalue weighted by Crippen LogP contribution is 2.30. The van der Waals surface area contributed by atoms with Crippen molar-refractivity contribution in [1.29, 1.82) is 0 Å². The minimum atomic E-state index is 0.566. The van der Waals surface area contributed by atoms with Crippen LogP contribution in [0.5, 0.6) is 0 Å². The molecule has 0 spiro atoms. The van der Waals surface area contributed by atoms with E-state index in [-0.39, 0.29) is 0 Å². The van der Waals surface area contributed by atoms with Gasteiger partial charge in [-0.1, -0.05) is 0 Å². The van der Waals surface area contributed by atoms with Gasteiger partial charge in [0, 0.05) is 44.8 Å². The molecule has 1 N–H and O–H groups in total. The van der Waals surface area contributed by atoms with E-state index in [4.69, 9.17) is 0 Å². The molecule has 1 aromatic rings. The van der Waals surface area contributed by atoms with E-state index in [9.17, 15) is 0 Å². The van der Waals surface area contributed by atoms with Crippen molar-refractivity contribution in [2.45, 2.75) is 44.6 Å². The second kappa shape index (κ2) is 6.41. The van der Waals surface area contributed by atoms with Crippen molar-refractivity contribution >= 4 is 11.6 Å². The van der Waals surface area contributed by atoms with Crippen molar-refractivity contribution in [2.24, 2.45) is 5.92 Å². The van der Waals surface area contributed by atoms with E-state index in [1.807, 2.05) is 0 Å². The monoisotopic (exact) mass is 301 g/mol. The van der Waals surface area contributed by atoms with E-state index in [0.29, 0.717) is 6.04 Å². The first-order chi connectivity index (χ1) is 10.9. The zero-order valence-corrected chi connectivity index (χ0v) is 13.4. The Morgan fingerprint density at radius 2 is 1.77 bits per heavy atom. The molecule has 3 aliphatic rings. The maximum atomic E-state index is 4.43. The van der Waals surface area contributed by atoms with Gasteiger partial charge in [-0.25, -0.2) is 9.97 Å². The van der Waals surface area contributed by atoms with Gasteiger partial charge in [-0.05, 0) is 44.4 Å². The molecule has 2 aliphatic heterocycles. The van der Waals surface area contributed by atoms with Crippen LogP contribution in [-0.2, 0) is 0 Å². The van der Waals surface area contributed by atoms with E-state index < -0.39 is 0 Å². The zero-order chi connectivity index (χ0) is 14.8. The number of rotatable bonds is 5. The predicted octanol–water partition coefficient (Wildman–Crippen LogP) is 2.36. The third kappa shape index (κ3) is 3.51. The van der Waals surface area contributed by atoms with Gasteiger partial charge in [-0.3, -0.25) is 0 Å². The molecule has 2 saturated heterocycles. The summed E-state index contributed by atoms with van der Waals surface area (Å²) < 4.78 is 0. The summed E-state index contributed by atoms with van der Waals surface area (Å²) in [6, 6.07) is 2.69. The highest BCUT2D eigenvalue weighted by atomic mass is 15.2. The Hall–Kier alpha value is -1.36. The minimum Gasteiger partial charge on any atom is -0.367 e. The largest absolute Gasteiger partial charge is 0.367 e. The molecule has 0 aromatic carbocycles. The van der Waals surface area contributed by atoms with Gasteiger partial charge < -0.3 is 15.1 Å². The molecule has 0 bridgehead atoms. The van der Waals surface area contributed by atoms with Crippen molar-refractivity contribution in [3.05, 3.63) is 12.4 Å². The van der Waals surface area contributed by atoms with Gasteiger partial charge in [-0.2, -0.15) is 0 Å². The van der Waals surface area contributed by atoms with Crippen LogP contribution in [0.15, 0.2) is 12.4 Å². The Balaban J connectivity index is 1.30. The fourth-order valence-corrected chi connectivity index (χ4v) is 3.68. The average Bonchev–Trinajstić information content (AvgIpc) is 3.19. The molecule has 5 heteroatoms. The maximum absolute atomic E-state index is 4.43. The number of hydrogen-bond donors (Lipinski definition) is 1. The van der Waals surface area contributed by atoms with Crippen LogP contribution in [-0.4, -0.2) is 53.6 Å². The Morgan fingerprint density at radius 3 is 2.50 bits per heavy atom. The Kier molecular flexibility index (Phi) is 4.15. The van der Waals surface area contributed by atoms with Crippen LogP contribution in [0.25, 0.3) is 0 Å². The SMILES string of the molecule is c1nc(NC2CCN(CC3CC3)CC2)cc(N2CCCC2)n1. The number of hydrogen-bond acceptors (Lipinski definition) is 5. The molecule has 0 radical (unpaired) electrons. The fourth-order valence-electron chi connectivity index (χ4n) is 3.68. The van der Waals surface area contributed by atoms with Crippen LogP contribution in [0, 0.1) is 5.92 Å². The van der Waals surface area contributed by atoms with Crippen molar-refractivity contribution < 1.29 is 0 Å². The predicted molar refractivity (Wildman–Crippen MR) is 89.3 cm³/mol. The third-order valence-corrected chi connectivity index (χ3v) is 5.24. The summed E-state index contributed by atoms with van der Waals surface area (Å²) in [5, 5.41) is 3.63. The summed E-state index contributed by atoms with van der Waals surface area (Å²) in [5.74, 6) is 3.09. The van der Waals surface area contributed by atoms with Crippen molar-refractivity contribution in [3.8, 4) is 0 Å². The lowest BCUT2D eigenvalue weighted by Gasteiger charge is -2.32. The molecular weight excluding hydrogens is 274 g/mol. The van der Waals surface area contributed by atoms with Gasteiger partial charge in [0.2, 0.25) is 0 Å². The van der Waals surface area contributed by atoms with Gasteiger partial charge in [0.25, 0.3) is 0 Å². The third-order valence-electron chi connectivity index (χ3n) is 5.24. The van der Waals surface area contributed by atoms with Gasteiger partial charge in [0.1, 0.15) is 18.0 Å². The van der Waals surface area contributed by atoms with E-state index in [2.05, 4.69) is 31.2 Å². The number of nitrogens with zero attached hydrogens (tertiary/aromatic N) is 4. The number of anilines is 2. The quantitative estimate of drug-likeness (QED) is 0.904. The zero-order valence-electron chi connectivity index (χ0n) is 13.4. The summed E-state index contributed by atoms with van der Waals surface area (Å²) >= 11 is 0. The molecule has 0 unspecified atom stereocenters. The lowest BCUT2D eigenvalue weighted by Crippen LogP contribution is -2.40. The van der Waals surface area contributed by atoms with E-state index in [1.165, 1.54) is 58.2 Å². The van der Waals surface area contributed by atoms with Crippen molar-refractivity contribution in [2.75, 3.05) is 42.9 Å². The molecule has 4 rings (SSSR count). The fraction of sp³-hybridized carbons (Fsp3) is 0.765. The van der Waals surface area contributed by atoms with Gasteiger partial charge in [-0.15, -0.1) is 0 Å². The van der Waals surface area contributed by atoms with Crippen LogP contribution in [0.4, 0.5) is 11.6 Å². The first-order valence-corrected chi connectivity index (χ1v) is 8.93. The molecular formula is C17H27N5. The molecule has 5 nitrogen and oxygen atoms in total. The first kappa shape index (κ1) is 14.2. The normalized spacial score (nSPS) is 23.9. The van der Waals surface area contributed by atoms with Crippen LogP contribution in [0.1, 0.15) is 38.5 Å². The number of nitrogens with one attached hydrogen (secondary N) is 1. The Labute approximate surface area is 133 Å². The summed E-state index contributed by atoms with van der Waals surface area (Å²) in [6.45, 7) is 6.07. The number of piperidine rings is 1. The summed E-state index contributed by atoms with van der Waals surface area (Å²) in [4.78, 5) is 13.9. The second-order valence-corrected chi connectivity index (χ2v) is 7.12. The highest BCUT2D eigenvalue weighted by Gasteiger charge is 2.27. The highest BCUT2D eigenvalue weighted by molar-refractivity contribution is 5.49. The van der Waals surface area contributed by atoms with Crippen LogP contribution in [0.3, 0.4) is 0 Å². The van der Waals surface area contributed by atoms with Gasteiger partial charge in [0.15, 0.2) is 0 Å². The van der Waals surface area contributed by atoms with Crippen LogP contribution in [0.2, 0.25) is 0 Å². The van der Waals surface area contributed by atoms with Crippen molar-refractivity contribution in [3.63, 3.8) is 0 Å². The Bertz CT molecular complexity index is 488. The van der Waals surface area contributed by atoms with Gasteiger partial charge in [0.05, 0.1) is 0 Å². The average molecular weight is 301 g/mol. The molecule has 3 fully saturated rings. The summed E-state index contributed by atoms with van der Waals surface area (Å²) in [5.41, 5.74) is 0. The first-order valence-electron chi connectivity index (χ1n) is 8.93. The lowest BCUT2D eigenvalue weighted by atomic mass is 10.0. The molecule has 1 aliphatic carbocycles. The summed E-state index contributed by atoms with van der Waals surface area (Å²) in [6.07, 6.45) is 9.65. The Morgan fingerprint density at radius 1 is 1.00 bits per heavy atom. The van der Waals surface area contributed by atoms with Gasteiger partial charge >= 0.3 is 0 Å². The number of likely N-dealkylation sites (tertiary alicyclic amines) is 1. The van der Waals surface area contributed by atoms with E-state index in [1.54, 1.807) is 6.33 Å². The number of aromatic nitrogens is 2. The lowest BCUT2D eigenvalue weighted by molar-refractivity contribution is 0.211. The molecule has 1 aromatic heterocycles. The molecule has 3 heterocycles. The standard InChI is InChI=1S/C17H27N5/c1-2-8-22(7-1)17-11-16(18-13-19-17)20-15-5-9-21(10-6-15)12-14-3-4-14/h11,13-15H,1-10,12H2,(H,18,19,20). The molecule has 0 atom stereocenters. The topological polar surface area (TPSA) is 44.3 Å². The van der Waals surface area contributed by atoms with E-state index in [0.717, 1.165) is 30.6 Å². The molecule has 1 saturated carbocycles. The molecule has 0 amide bonds. The van der Waals surface area contributed by atoms with E-state index >= 15 is 0 Å². The summed E-state index contributed by atoms with van der Waals surface area (Å²) in [7, 11) is 0. The van der Waals surface area contributed by atoms with Crippen LogP contribution >= 0.6 is 0 Å². The molecule has 22 heavy (non-hydrogen) atoms. The maximum Gasteiger partial charge on any atom is 0.134 e. The van der Waals surface area contributed by atoms with Crippen LogP contribution < -0.4 is 10.2 Å². The molecule has 120 valence electrons. The minimum absolute atomic E-state index is 0.566.